The maximum atomic E-state index is 14.0. The van der Waals surface area contributed by atoms with Gasteiger partial charge in [0.05, 0.1) is 10.6 Å². The average molecular weight is 647 g/mol. The zero-order chi connectivity index (χ0) is 28.9. The van der Waals surface area contributed by atoms with Crippen molar-refractivity contribution in [3.63, 3.8) is 0 Å². The summed E-state index contributed by atoms with van der Waals surface area (Å²) in [6.07, 6.45) is 3.94. The summed E-state index contributed by atoms with van der Waals surface area (Å²) in [4.78, 5) is 28.8. The number of carbonyl (C=O) groups excluding carboxylic acids is 2. The van der Waals surface area contributed by atoms with Crippen molar-refractivity contribution in [1.82, 2.24) is 10.2 Å². The van der Waals surface area contributed by atoms with Crippen molar-refractivity contribution in [2.75, 3.05) is 10.8 Å². The van der Waals surface area contributed by atoms with E-state index in [1.165, 1.54) is 17.0 Å². The lowest BCUT2D eigenvalue weighted by molar-refractivity contribution is -0.139. The van der Waals surface area contributed by atoms with Crippen LogP contribution >= 0.6 is 27.5 Å². The molecule has 0 aliphatic heterocycles. The highest BCUT2D eigenvalue weighted by Gasteiger charge is 2.33. The van der Waals surface area contributed by atoms with Crippen LogP contribution in [-0.4, -0.2) is 43.8 Å². The molecule has 0 saturated heterocycles. The monoisotopic (exact) mass is 645 g/mol. The third-order valence-corrected chi connectivity index (χ3v) is 9.67. The molecule has 1 N–H and O–H groups in total. The first-order valence-corrected chi connectivity index (χ1v) is 15.8. The molecule has 7 nitrogen and oxygen atoms in total. The van der Waals surface area contributed by atoms with Gasteiger partial charge in [-0.2, -0.15) is 0 Å². The van der Waals surface area contributed by atoms with Gasteiger partial charge in [0.1, 0.15) is 12.6 Å². The molecular weight excluding hydrogens is 614 g/mol. The molecule has 2 amide bonds. The Labute approximate surface area is 249 Å². The van der Waals surface area contributed by atoms with Crippen LogP contribution in [0.25, 0.3) is 0 Å². The highest BCUT2D eigenvalue weighted by molar-refractivity contribution is 9.10. The van der Waals surface area contributed by atoms with Gasteiger partial charge in [-0.25, -0.2) is 8.42 Å². The maximum Gasteiger partial charge on any atom is 0.264 e. The second kappa shape index (κ2) is 13.2. The van der Waals surface area contributed by atoms with Crippen LogP contribution < -0.4 is 9.62 Å². The van der Waals surface area contributed by atoms with Crippen molar-refractivity contribution < 1.29 is 18.0 Å². The van der Waals surface area contributed by atoms with E-state index in [1.54, 1.807) is 61.5 Å². The molecule has 212 valence electrons. The van der Waals surface area contributed by atoms with E-state index >= 15 is 0 Å². The molecule has 1 aliphatic rings. The number of nitrogens with one attached hydrogen (secondary N) is 1. The third kappa shape index (κ3) is 7.44. The Morgan fingerprint density at radius 2 is 1.68 bits per heavy atom. The molecule has 1 aliphatic carbocycles. The van der Waals surface area contributed by atoms with Gasteiger partial charge < -0.3 is 10.2 Å². The molecule has 0 heterocycles. The molecule has 0 aromatic heterocycles. The number of rotatable bonds is 10. The number of hydrogen-bond acceptors (Lipinski definition) is 4. The van der Waals surface area contributed by atoms with Gasteiger partial charge in [0, 0.05) is 22.1 Å². The minimum atomic E-state index is -4.11. The van der Waals surface area contributed by atoms with E-state index in [4.69, 9.17) is 11.6 Å². The normalized spacial score (nSPS) is 14.5. The van der Waals surface area contributed by atoms with Crippen LogP contribution in [0, 0.1) is 6.92 Å². The molecule has 4 rings (SSSR count). The van der Waals surface area contributed by atoms with Gasteiger partial charge in [-0.05, 0) is 80.8 Å². The van der Waals surface area contributed by atoms with Gasteiger partial charge in [-0.15, -0.1) is 0 Å². The maximum absolute atomic E-state index is 14.0. The largest absolute Gasteiger partial charge is 0.352 e. The number of sulfonamides is 1. The molecule has 1 unspecified atom stereocenters. The van der Waals surface area contributed by atoms with E-state index in [0.29, 0.717) is 10.7 Å². The van der Waals surface area contributed by atoms with Gasteiger partial charge in [-0.3, -0.25) is 13.9 Å². The quantitative estimate of drug-likeness (QED) is 0.289. The molecule has 1 saturated carbocycles. The Kier molecular flexibility index (Phi) is 9.92. The Morgan fingerprint density at radius 3 is 2.30 bits per heavy atom. The minimum Gasteiger partial charge on any atom is -0.352 e. The van der Waals surface area contributed by atoms with Gasteiger partial charge in [0.15, 0.2) is 0 Å². The van der Waals surface area contributed by atoms with Crippen LogP contribution in [0.3, 0.4) is 0 Å². The summed E-state index contributed by atoms with van der Waals surface area (Å²) < 4.78 is 29.6. The predicted octanol–water partition coefficient (Wildman–Crippen LogP) is 6.08. The van der Waals surface area contributed by atoms with Crippen LogP contribution in [-0.2, 0) is 26.2 Å². The van der Waals surface area contributed by atoms with E-state index in [9.17, 15) is 18.0 Å². The molecular formula is C30H33BrClN3O4S. The van der Waals surface area contributed by atoms with Crippen LogP contribution in [0.15, 0.2) is 82.2 Å². The molecule has 0 spiro atoms. The number of nitrogens with zero attached hydrogens (tertiary/aromatic N) is 2. The molecule has 10 heteroatoms. The molecule has 1 fully saturated rings. The summed E-state index contributed by atoms with van der Waals surface area (Å²) in [5, 5.41) is 3.57. The highest BCUT2D eigenvalue weighted by atomic mass is 79.9. The molecule has 3 aromatic rings. The second-order valence-electron chi connectivity index (χ2n) is 10.1. The number of benzene rings is 3. The lowest BCUT2D eigenvalue weighted by Gasteiger charge is -2.32. The Balaban J connectivity index is 1.68. The van der Waals surface area contributed by atoms with E-state index in [2.05, 4.69) is 21.2 Å². The highest BCUT2D eigenvalue weighted by Crippen LogP contribution is 2.27. The minimum absolute atomic E-state index is 0.0715. The fraction of sp³-hybridized carbons (Fsp3) is 0.333. The van der Waals surface area contributed by atoms with Crippen LogP contribution in [0.4, 0.5) is 5.69 Å². The second-order valence-corrected chi connectivity index (χ2v) is 13.3. The van der Waals surface area contributed by atoms with Crippen LogP contribution in [0.2, 0.25) is 5.02 Å². The van der Waals surface area contributed by atoms with E-state index in [0.717, 1.165) is 45.6 Å². The number of amides is 2. The van der Waals surface area contributed by atoms with Crippen LogP contribution in [0.1, 0.15) is 43.7 Å². The number of aryl methyl sites for hydroxylation is 1. The fourth-order valence-electron chi connectivity index (χ4n) is 4.78. The number of halogens is 2. The number of anilines is 1. The van der Waals surface area contributed by atoms with Crippen molar-refractivity contribution >= 4 is 55.1 Å². The van der Waals surface area contributed by atoms with Crippen molar-refractivity contribution in [3.8, 4) is 0 Å². The van der Waals surface area contributed by atoms with E-state index in [1.807, 2.05) is 13.0 Å². The molecule has 0 radical (unpaired) electrons. The lowest BCUT2D eigenvalue weighted by Crippen LogP contribution is -2.52. The fourth-order valence-corrected chi connectivity index (χ4v) is 6.67. The number of hydrogen-bond donors (Lipinski definition) is 1. The molecule has 0 bridgehead atoms. The van der Waals surface area contributed by atoms with Gasteiger partial charge in [0.2, 0.25) is 11.8 Å². The van der Waals surface area contributed by atoms with Crippen molar-refractivity contribution in [2.24, 2.45) is 0 Å². The predicted molar refractivity (Wildman–Crippen MR) is 162 cm³/mol. The first-order valence-electron chi connectivity index (χ1n) is 13.2. The summed E-state index contributed by atoms with van der Waals surface area (Å²) in [7, 11) is -4.11. The summed E-state index contributed by atoms with van der Waals surface area (Å²) in [5.74, 6) is -0.772. The summed E-state index contributed by atoms with van der Waals surface area (Å²) in [6, 6.07) is 19.5. The van der Waals surface area contributed by atoms with E-state index in [-0.39, 0.29) is 23.4 Å². The molecule has 40 heavy (non-hydrogen) atoms. The Morgan fingerprint density at radius 1 is 1.02 bits per heavy atom. The Hall–Kier alpha value is -2.88. The summed E-state index contributed by atoms with van der Waals surface area (Å²) in [5.41, 5.74) is 1.99. The third-order valence-electron chi connectivity index (χ3n) is 7.11. The van der Waals surface area contributed by atoms with Crippen molar-refractivity contribution in [3.05, 3.63) is 93.4 Å². The first-order chi connectivity index (χ1) is 19.0. The average Bonchev–Trinajstić information content (AvgIpc) is 3.44. The number of carbonyl (C=O) groups is 2. The van der Waals surface area contributed by atoms with Crippen molar-refractivity contribution in [1.29, 1.82) is 0 Å². The summed E-state index contributed by atoms with van der Waals surface area (Å²) in [6.45, 7) is 3.15. The van der Waals surface area contributed by atoms with Gasteiger partial charge >= 0.3 is 0 Å². The SMILES string of the molecule is Cc1ccc(S(=O)(=O)N(CC(=O)N(Cc2cccc(Cl)c2)C(C)C(=O)NC2CCCC2)c2ccc(Br)cc2)cc1. The summed E-state index contributed by atoms with van der Waals surface area (Å²) >= 11 is 9.59. The van der Waals surface area contributed by atoms with Crippen LogP contribution in [0.5, 0.6) is 0 Å². The van der Waals surface area contributed by atoms with E-state index < -0.39 is 28.5 Å². The standard InChI is InChI=1S/C30H33BrClN3O4S/c1-21-10-16-28(17-11-21)40(38,39)35(27-14-12-24(31)13-15-27)20-29(36)34(19-23-6-5-7-25(32)18-23)22(2)30(37)33-26-8-3-4-9-26/h5-7,10-18,22,26H,3-4,8-9,19-20H2,1-2H3,(H,33,37). The first kappa shape index (κ1) is 30.1. The lowest BCUT2D eigenvalue weighted by atomic mass is 10.1. The topological polar surface area (TPSA) is 86.8 Å². The molecule has 3 aromatic carbocycles. The smallest absolute Gasteiger partial charge is 0.264 e. The van der Waals surface area contributed by atoms with Crippen molar-refractivity contribution in [2.45, 2.75) is 63.1 Å². The zero-order valence-electron chi connectivity index (χ0n) is 22.5. The molecule has 1 atom stereocenters. The Bertz CT molecular complexity index is 1440. The zero-order valence-corrected chi connectivity index (χ0v) is 25.7. The van der Waals surface area contributed by atoms with Gasteiger partial charge in [-0.1, -0.05) is 70.2 Å². The van der Waals surface area contributed by atoms with Gasteiger partial charge in [0.25, 0.3) is 10.0 Å².